The zero-order valence-corrected chi connectivity index (χ0v) is 16.1. The van der Waals surface area contributed by atoms with Crippen molar-refractivity contribution in [2.45, 2.75) is 25.9 Å². The predicted molar refractivity (Wildman–Crippen MR) is 108 cm³/mol. The van der Waals surface area contributed by atoms with E-state index in [9.17, 15) is 4.79 Å². The number of aromatic nitrogens is 1. The lowest BCUT2D eigenvalue weighted by molar-refractivity contribution is 0.0234. The van der Waals surface area contributed by atoms with Gasteiger partial charge in [-0.3, -0.25) is 0 Å². The van der Waals surface area contributed by atoms with Crippen LogP contribution in [0.5, 0.6) is 5.75 Å². The van der Waals surface area contributed by atoms with Gasteiger partial charge in [-0.15, -0.1) is 0 Å². The molecule has 2 heterocycles. The number of carbonyl (C=O) groups is 1. The predicted octanol–water partition coefficient (Wildman–Crippen LogP) is 4.52. The van der Waals surface area contributed by atoms with Gasteiger partial charge in [0, 0.05) is 0 Å². The van der Waals surface area contributed by atoms with Crippen LogP contribution in [0, 0.1) is 0 Å². The monoisotopic (exact) mass is 382 g/mol. The van der Waals surface area contributed by atoms with Gasteiger partial charge in [0.15, 0.2) is 5.13 Å². The minimum absolute atomic E-state index is 0.103. The number of hydrogen-bond donors (Lipinski definition) is 0. The summed E-state index contributed by atoms with van der Waals surface area (Å²) in [6.45, 7) is 4.14. The fourth-order valence-electron chi connectivity index (χ4n) is 2.93. The first-order valence-corrected chi connectivity index (χ1v) is 10.1. The van der Waals surface area contributed by atoms with Gasteiger partial charge in [0.2, 0.25) is 0 Å². The van der Waals surface area contributed by atoms with Crippen LogP contribution in [0.25, 0.3) is 10.2 Å². The van der Waals surface area contributed by atoms with Crippen molar-refractivity contribution in [3.8, 4) is 5.75 Å². The van der Waals surface area contributed by atoms with E-state index >= 15 is 0 Å². The molecule has 3 aromatic rings. The quantitative estimate of drug-likeness (QED) is 0.444. The van der Waals surface area contributed by atoms with Crippen molar-refractivity contribution < 1.29 is 14.3 Å². The van der Waals surface area contributed by atoms with Gasteiger partial charge in [-0.25, -0.2) is 9.78 Å². The van der Waals surface area contributed by atoms with E-state index in [1.54, 1.807) is 23.5 Å². The van der Waals surface area contributed by atoms with Gasteiger partial charge >= 0.3 is 5.97 Å². The summed E-state index contributed by atoms with van der Waals surface area (Å²) in [5, 5.41) is 0.981. The molecule has 1 aliphatic rings. The number of thiazole rings is 1. The van der Waals surface area contributed by atoms with Crippen LogP contribution < -0.4 is 9.64 Å². The topological polar surface area (TPSA) is 51.7 Å². The number of rotatable bonds is 7. The Hall–Kier alpha value is -2.60. The summed E-state index contributed by atoms with van der Waals surface area (Å²) in [6.07, 6.45) is 1.97. The first kappa shape index (κ1) is 17.8. The number of anilines is 1. The second-order valence-corrected chi connectivity index (χ2v) is 7.64. The van der Waals surface area contributed by atoms with Crippen molar-refractivity contribution in [1.82, 2.24) is 4.98 Å². The molecule has 27 heavy (non-hydrogen) atoms. The molecule has 1 aromatic heterocycles. The Bertz CT molecular complexity index is 901. The molecule has 2 aromatic carbocycles. The lowest BCUT2D eigenvalue weighted by Crippen LogP contribution is -2.53. The Morgan fingerprint density at radius 3 is 2.89 bits per heavy atom. The Labute approximate surface area is 162 Å². The SMILES string of the molecule is CCCCOc1cccc(C(=O)OC2CN(c3nc4ccccc4s3)C2)c1. The molecule has 0 unspecified atom stereocenters. The molecule has 0 radical (unpaired) electrons. The van der Waals surface area contributed by atoms with Gasteiger partial charge in [-0.1, -0.05) is 42.9 Å². The summed E-state index contributed by atoms with van der Waals surface area (Å²) in [5.41, 5.74) is 1.54. The number of hydrogen-bond acceptors (Lipinski definition) is 6. The van der Waals surface area contributed by atoms with Crippen LogP contribution in [0.3, 0.4) is 0 Å². The number of esters is 1. The first-order chi connectivity index (χ1) is 13.2. The van der Waals surface area contributed by atoms with Crippen molar-refractivity contribution in [2.75, 3.05) is 24.6 Å². The largest absolute Gasteiger partial charge is 0.494 e. The molecule has 0 saturated carbocycles. The molecule has 1 aliphatic heterocycles. The zero-order valence-electron chi connectivity index (χ0n) is 15.3. The molecule has 0 amide bonds. The van der Waals surface area contributed by atoms with Crippen LogP contribution in [0.4, 0.5) is 5.13 Å². The van der Waals surface area contributed by atoms with E-state index in [1.165, 1.54) is 4.70 Å². The molecule has 5 nitrogen and oxygen atoms in total. The molecule has 0 bridgehead atoms. The van der Waals surface area contributed by atoms with Gasteiger partial charge < -0.3 is 14.4 Å². The summed E-state index contributed by atoms with van der Waals surface area (Å²) in [7, 11) is 0. The Balaban J connectivity index is 1.31. The third kappa shape index (κ3) is 4.06. The molecule has 1 saturated heterocycles. The van der Waals surface area contributed by atoms with E-state index in [0.717, 1.165) is 23.5 Å². The van der Waals surface area contributed by atoms with Crippen molar-refractivity contribution in [1.29, 1.82) is 0 Å². The maximum absolute atomic E-state index is 12.4. The van der Waals surface area contributed by atoms with Crippen LogP contribution in [-0.4, -0.2) is 36.8 Å². The Morgan fingerprint density at radius 1 is 1.22 bits per heavy atom. The normalized spacial score (nSPS) is 14.2. The van der Waals surface area contributed by atoms with Crippen molar-refractivity contribution in [2.24, 2.45) is 0 Å². The fourth-order valence-corrected chi connectivity index (χ4v) is 3.91. The van der Waals surface area contributed by atoms with E-state index in [1.807, 2.05) is 30.3 Å². The summed E-state index contributed by atoms with van der Waals surface area (Å²) in [6, 6.07) is 15.3. The van der Waals surface area contributed by atoms with Gasteiger partial charge in [0.25, 0.3) is 0 Å². The van der Waals surface area contributed by atoms with Crippen LogP contribution in [-0.2, 0) is 4.74 Å². The average molecular weight is 382 g/mol. The van der Waals surface area contributed by atoms with E-state index in [-0.39, 0.29) is 12.1 Å². The molecular weight excluding hydrogens is 360 g/mol. The first-order valence-electron chi connectivity index (χ1n) is 9.27. The Kier molecular flexibility index (Phi) is 5.25. The molecule has 0 N–H and O–H groups in total. The maximum Gasteiger partial charge on any atom is 0.338 e. The molecule has 1 fully saturated rings. The van der Waals surface area contributed by atoms with Crippen LogP contribution in [0.1, 0.15) is 30.1 Å². The highest BCUT2D eigenvalue weighted by atomic mass is 32.1. The smallest absolute Gasteiger partial charge is 0.338 e. The van der Waals surface area contributed by atoms with E-state index < -0.39 is 0 Å². The number of para-hydroxylation sites is 1. The van der Waals surface area contributed by atoms with Gasteiger partial charge in [-0.05, 0) is 36.8 Å². The van der Waals surface area contributed by atoms with Crippen LogP contribution >= 0.6 is 11.3 Å². The van der Waals surface area contributed by atoms with Crippen molar-refractivity contribution in [3.63, 3.8) is 0 Å². The van der Waals surface area contributed by atoms with Crippen molar-refractivity contribution >= 4 is 32.7 Å². The molecule has 0 spiro atoms. The van der Waals surface area contributed by atoms with Gasteiger partial charge in [0.1, 0.15) is 11.9 Å². The minimum Gasteiger partial charge on any atom is -0.494 e. The molecule has 4 rings (SSSR count). The van der Waals surface area contributed by atoms with E-state index in [4.69, 9.17) is 9.47 Å². The number of benzene rings is 2. The van der Waals surface area contributed by atoms with E-state index in [0.29, 0.717) is 31.0 Å². The molecule has 0 atom stereocenters. The van der Waals surface area contributed by atoms with Crippen LogP contribution in [0.2, 0.25) is 0 Å². The molecular formula is C21H22N2O3S. The standard InChI is InChI=1S/C21H22N2O3S/c1-2-3-11-25-16-8-6-7-15(12-16)20(24)26-17-13-23(14-17)21-22-18-9-4-5-10-19(18)27-21/h4-10,12,17H,2-3,11,13-14H2,1H3. The number of carbonyl (C=O) groups excluding carboxylic acids is 1. The summed E-state index contributed by atoms with van der Waals surface area (Å²) in [4.78, 5) is 19.2. The third-order valence-corrected chi connectivity index (χ3v) is 5.61. The number of unbranched alkanes of at least 4 members (excludes halogenated alkanes) is 1. The number of ether oxygens (including phenoxy) is 2. The lowest BCUT2D eigenvalue weighted by Gasteiger charge is -2.38. The Morgan fingerprint density at radius 2 is 2.07 bits per heavy atom. The number of nitrogens with zero attached hydrogens (tertiary/aromatic N) is 2. The summed E-state index contributed by atoms with van der Waals surface area (Å²) >= 11 is 1.67. The lowest BCUT2D eigenvalue weighted by atomic mass is 10.1. The zero-order chi connectivity index (χ0) is 18.6. The van der Waals surface area contributed by atoms with Gasteiger partial charge in [-0.2, -0.15) is 0 Å². The molecule has 6 heteroatoms. The second-order valence-electron chi connectivity index (χ2n) is 6.63. The highest BCUT2D eigenvalue weighted by Crippen LogP contribution is 2.32. The number of fused-ring (bicyclic) bond motifs is 1. The molecule has 140 valence electrons. The minimum atomic E-state index is -0.301. The third-order valence-electron chi connectivity index (χ3n) is 4.51. The van der Waals surface area contributed by atoms with Crippen molar-refractivity contribution in [3.05, 3.63) is 54.1 Å². The average Bonchev–Trinajstić information content (AvgIpc) is 3.08. The highest BCUT2D eigenvalue weighted by molar-refractivity contribution is 7.22. The van der Waals surface area contributed by atoms with Gasteiger partial charge in [0.05, 0.1) is 35.5 Å². The summed E-state index contributed by atoms with van der Waals surface area (Å²) < 4.78 is 12.5. The van der Waals surface area contributed by atoms with E-state index in [2.05, 4.69) is 22.9 Å². The second kappa shape index (κ2) is 7.96. The van der Waals surface area contributed by atoms with Crippen LogP contribution in [0.15, 0.2) is 48.5 Å². The molecule has 0 aliphatic carbocycles. The fraction of sp³-hybridized carbons (Fsp3) is 0.333. The maximum atomic E-state index is 12.4. The highest BCUT2D eigenvalue weighted by Gasteiger charge is 2.32. The summed E-state index contributed by atoms with van der Waals surface area (Å²) in [5.74, 6) is 0.410.